The lowest BCUT2D eigenvalue weighted by Crippen LogP contribution is -2.38. The van der Waals surface area contributed by atoms with E-state index >= 15 is 0 Å². The predicted molar refractivity (Wildman–Crippen MR) is 115 cm³/mol. The minimum atomic E-state index is -0.391. The first-order valence-electron chi connectivity index (χ1n) is 9.65. The van der Waals surface area contributed by atoms with Crippen LogP contribution in [0.5, 0.6) is 0 Å². The number of benzene rings is 2. The highest BCUT2D eigenvalue weighted by Gasteiger charge is 2.37. The van der Waals surface area contributed by atoms with E-state index in [2.05, 4.69) is 0 Å². The summed E-state index contributed by atoms with van der Waals surface area (Å²) in [5.74, 6) is -0.816. The Morgan fingerprint density at radius 3 is 2.41 bits per heavy atom. The summed E-state index contributed by atoms with van der Waals surface area (Å²) in [5, 5.41) is 1.17. The summed E-state index contributed by atoms with van der Waals surface area (Å²) in [6.45, 7) is 4.33. The van der Waals surface area contributed by atoms with Gasteiger partial charge in [0, 0.05) is 28.1 Å². The Labute approximate surface area is 181 Å². The van der Waals surface area contributed by atoms with Crippen molar-refractivity contribution in [2.24, 2.45) is 0 Å². The summed E-state index contributed by atoms with van der Waals surface area (Å²) in [5.41, 5.74) is 2.95. The highest BCUT2D eigenvalue weighted by molar-refractivity contribution is 6.30. The molecule has 1 aliphatic rings. The second-order valence-corrected chi connectivity index (χ2v) is 7.73. The lowest BCUT2D eigenvalue weighted by atomic mass is 9.82. The van der Waals surface area contributed by atoms with Crippen LogP contribution >= 0.6 is 23.2 Å². The van der Waals surface area contributed by atoms with Crippen LogP contribution in [0.15, 0.2) is 59.8 Å². The summed E-state index contributed by atoms with van der Waals surface area (Å²) < 4.78 is 5.36. The topological polar surface area (TPSA) is 46.6 Å². The zero-order valence-electron chi connectivity index (χ0n) is 16.5. The molecule has 0 N–H and O–H groups in total. The number of rotatable bonds is 6. The van der Waals surface area contributed by atoms with Gasteiger partial charge in [0.1, 0.15) is 0 Å². The summed E-state index contributed by atoms with van der Waals surface area (Å²) in [6.07, 6.45) is 0.704. The molecule has 1 amide bonds. The van der Waals surface area contributed by atoms with Gasteiger partial charge in [-0.2, -0.15) is 0 Å². The molecule has 0 saturated carbocycles. The zero-order valence-corrected chi connectivity index (χ0v) is 18.0. The summed E-state index contributed by atoms with van der Waals surface area (Å²) in [7, 11) is 0. The van der Waals surface area contributed by atoms with Gasteiger partial charge in [-0.3, -0.25) is 4.79 Å². The van der Waals surface area contributed by atoms with Crippen molar-refractivity contribution in [3.05, 3.63) is 81.0 Å². The molecule has 4 nitrogen and oxygen atoms in total. The summed E-state index contributed by atoms with van der Waals surface area (Å²) in [4.78, 5) is 27.7. The number of esters is 1. The van der Waals surface area contributed by atoms with E-state index in [1.165, 1.54) is 0 Å². The van der Waals surface area contributed by atoms with E-state index in [1.807, 2.05) is 37.3 Å². The largest absolute Gasteiger partial charge is 0.463 e. The van der Waals surface area contributed by atoms with Crippen LogP contribution in [0.1, 0.15) is 43.7 Å². The molecule has 152 valence electrons. The van der Waals surface area contributed by atoms with Gasteiger partial charge in [-0.05, 0) is 48.7 Å². The molecule has 6 heteroatoms. The van der Waals surface area contributed by atoms with Crippen molar-refractivity contribution in [3.63, 3.8) is 0 Å². The maximum atomic E-state index is 13.1. The molecule has 0 saturated heterocycles. The molecule has 29 heavy (non-hydrogen) atoms. The van der Waals surface area contributed by atoms with Crippen molar-refractivity contribution >= 4 is 35.1 Å². The number of allylic oxidation sites excluding steroid dienone is 1. The van der Waals surface area contributed by atoms with E-state index in [9.17, 15) is 9.59 Å². The number of carbonyl (C=O) groups excluding carboxylic acids is 2. The van der Waals surface area contributed by atoms with E-state index in [0.29, 0.717) is 34.3 Å². The first-order valence-corrected chi connectivity index (χ1v) is 10.4. The van der Waals surface area contributed by atoms with Gasteiger partial charge in [-0.1, -0.05) is 54.4 Å². The van der Waals surface area contributed by atoms with Crippen LogP contribution in [0.25, 0.3) is 0 Å². The van der Waals surface area contributed by atoms with E-state index in [1.54, 1.807) is 30.0 Å². The Kier molecular flexibility index (Phi) is 6.99. The fraction of sp³-hybridized carbons (Fsp3) is 0.304. The quantitative estimate of drug-likeness (QED) is 0.547. The van der Waals surface area contributed by atoms with Crippen molar-refractivity contribution in [3.8, 4) is 0 Å². The average molecular weight is 432 g/mol. The SMILES string of the molecule is CCOC(=O)C1=C(CC)N(Cc2cccc(Cl)c2)C(=O)CC1c1cccc(Cl)c1. The van der Waals surface area contributed by atoms with Crippen LogP contribution in [0, 0.1) is 0 Å². The molecule has 0 fully saturated rings. The molecular formula is C23H23Cl2NO3. The van der Waals surface area contributed by atoms with Crippen LogP contribution in [-0.4, -0.2) is 23.4 Å². The average Bonchev–Trinajstić information content (AvgIpc) is 2.69. The van der Waals surface area contributed by atoms with Gasteiger partial charge in [0.25, 0.3) is 0 Å². The van der Waals surface area contributed by atoms with Gasteiger partial charge >= 0.3 is 5.97 Å². The van der Waals surface area contributed by atoms with E-state index in [4.69, 9.17) is 27.9 Å². The Bertz CT molecular complexity index is 955. The number of hydrogen-bond acceptors (Lipinski definition) is 3. The third kappa shape index (κ3) is 4.82. The van der Waals surface area contributed by atoms with E-state index < -0.39 is 5.97 Å². The predicted octanol–water partition coefficient (Wildman–Crippen LogP) is 5.74. The Hall–Kier alpha value is -2.30. The van der Waals surface area contributed by atoms with Gasteiger partial charge in [0.15, 0.2) is 0 Å². The van der Waals surface area contributed by atoms with Gasteiger partial charge in [0.2, 0.25) is 5.91 Å². The maximum Gasteiger partial charge on any atom is 0.336 e. The second kappa shape index (κ2) is 9.47. The molecule has 1 heterocycles. The minimum Gasteiger partial charge on any atom is -0.463 e. The van der Waals surface area contributed by atoms with Crippen LogP contribution in [0.4, 0.5) is 0 Å². The molecule has 0 aliphatic carbocycles. The monoisotopic (exact) mass is 431 g/mol. The number of amides is 1. The number of hydrogen-bond donors (Lipinski definition) is 0. The molecule has 1 aliphatic heterocycles. The third-order valence-corrected chi connectivity index (χ3v) is 5.45. The molecule has 3 rings (SSSR count). The van der Waals surface area contributed by atoms with Crippen molar-refractivity contribution in [2.45, 2.75) is 39.2 Å². The van der Waals surface area contributed by atoms with E-state index in [-0.39, 0.29) is 24.9 Å². The fourth-order valence-electron chi connectivity index (χ4n) is 3.74. The standard InChI is InChI=1S/C23H23Cl2NO3/c1-3-20-22(23(28)29-4-2)19(16-8-6-10-18(25)12-16)13-21(27)26(20)14-15-7-5-9-17(24)11-15/h5-12,19H,3-4,13-14H2,1-2H3. The zero-order chi connectivity index (χ0) is 21.0. The smallest absolute Gasteiger partial charge is 0.336 e. The molecule has 1 unspecified atom stereocenters. The Morgan fingerprint density at radius 2 is 1.79 bits per heavy atom. The first-order chi connectivity index (χ1) is 13.9. The molecule has 0 aromatic heterocycles. The Morgan fingerprint density at radius 1 is 1.10 bits per heavy atom. The summed E-state index contributed by atoms with van der Waals surface area (Å²) in [6, 6.07) is 14.7. The summed E-state index contributed by atoms with van der Waals surface area (Å²) >= 11 is 12.3. The first kappa shape index (κ1) is 21.4. The van der Waals surface area contributed by atoms with Crippen LogP contribution in [0.2, 0.25) is 10.0 Å². The number of carbonyl (C=O) groups is 2. The highest BCUT2D eigenvalue weighted by Crippen LogP contribution is 2.39. The maximum absolute atomic E-state index is 13.1. The molecular weight excluding hydrogens is 409 g/mol. The van der Waals surface area contributed by atoms with Gasteiger partial charge in [0.05, 0.1) is 18.7 Å². The van der Waals surface area contributed by atoms with Crippen LogP contribution in [-0.2, 0) is 20.9 Å². The molecule has 2 aromatic rings. The lowest BCUT2D eigenvalue weighted by Gasteiger charge is -2.35. The molecule has 1 atom stereocenters. The minimum absolute atomic E-state index is 0.0418. The van der Waals surface area contributed by atoms with Crippen molar-refractivity contribution in [1.29, 1.82) is 0 Å². The number of nitrogens with zero attached hydrogens (tertiary/aromatic N) is 1. The normalized spacial score (nSPS) is 16.9. The van der Waals surface area contributed by atoms with Gasteiger partial charge in [-0.15, -0.1) is 0 Å². The van der Waals surface area contributed by atoms with Gasteiger partial charge < -0.3 is 9.64 Å². The Balaban J connectivity index is 2.09. The lowest BCUT2D eigenvalue weighted by molar-refractivity contribution is -0.140. The van der Waals surface area contributed by atoms with Crippen molar-refractivity contribution in [2.75, 3.05) is 6.61 Å². The van der Waals surface area contributed by atoms with E-state index in [0.717, 1.165) is 11.1 Å². The van der Waals surface area contributed by atoms with Crippen molar-refractivity contribution in [1.82, 2.24) is 4.90 Å². The fourth-order valence-corrected chi connectivity index (χ4v) is 4.16. The van der Waals surface area contributed by atoms with Crippen LogP contribution in [0.3, 0.4) is 0 Å². The second-order valence-electron chi connectivity index (χ2n) is 6.86. The molecule has 0 bridgehead atoms. The molecule has 2 aromatic carbocycles. The van der Waals surface area contributed by atoms with Gasteiger partial charge in [-0.25, -0.2) is 4.79 Å². The van der Waals surface area contributed by atoms with Crippen LogP contribution < -0.4 is 0 Å². The van der Waals surface area contributed by atoms with Crippen molar-refractivity contribution < 1.29 is 14.3 Å². The number of halogens is 2. The molecule has 0 radical (unpaired) electrons. The highest BCUT2D eigenvalue weighted by atomic mass is 35.5. The third-order valence-electron chi connectivity index (χ3n) is 4.98. The molecule has 0 spiro atoms. The number of ether oxygens (including phenoxy) is 1.